The summed E-state index contributed by atoms with van der Waals surface area (Å²) in [7, 11) is 0. The lowest BCUT2D eigenvalue weighted by Gasteiger charge is -2.26. The van der Waals surface area contributed by atoms with Crippen LogP contribution in [0.2, 0.25) is 0 Å². The summed E-state index contributed by atoms with van der Waals surface area (Å²) in [6.07, 6.45) is 3.08. The molecule has 2 aliphatic rings. The van der Waals surface area contributed by atoms with E-state index < -0.39 is 0 Å². The quantitative estimate of drug-likeness (QED) is 0.893. The highest BCUT2D eigenvalue weighted by Crippen LogP contribution is 2.31. The van der Waals surface area contributed by atoms with Crippen LogP contribution in [-0.4, -0.2) is 18.4 Å². The second-order valence-corrected chi connectivity index (χ2v) is 6.16. The van der Waals surface area contributed by atoms with E-state index in [0.717, 1.165) is 19.3 Å². The molecule has 1 unspecified atom stereocenters. The largest absolute Gasteiger partial charge is 0.482 e. The molecule has 5 heteroatoms. The second-order valence-electron chi connectivity index (χ2n) is 6.16. The minimum Gasteiger partial charge on any atom is -0.482 e. The first-order valence-corrected chi connectivity index (χ1v) is 8.16. The molecule has 1 aliphatic carbocycles. The maximum Gasteiger partial charge on any atom is 0.262 e. The van der Waals surface area contributed by atoms with Gasteiger partial charge in [0.25, 0.3) is 11.8 Å². The summed E-state index contributed by atoms with van der Waals surface area (Å²) in [6, 6.07) is 13.4. The average Bonchev–Trinajstić information content (AvgIpc) is 2.61. The van der Waals surface area contributed by atoms with Gasteiger partial charge in [-0.3, -0.25) is 9.59 Å². The van der Waals surface area contributed by atoms with Crippen LogP contribution in [0.4, 0.5) is 5.69 Å². The van der Waals surface area contributed by atoms with Crippen molar-refractivity contribution in [3.8, 4) is 5.75 Å². The number of rotatable bonds is 2. The summed E-state index contributed by atoms with van der Waals surface area (Å²) in [5.74, 6) is 0.227. The Kier molecular flexibility index (Phi) is 3.69. The number of carbonyl (C=O) groups is 2. The molecule has 0 radical (unpaired) electrons. The van der Waals surface area contributed by atoms with E-state index in [1.54, 1.807) is 18.2 Å². The lowest BCUT2D eigenvalue weighted by Crippen LogP contribution is -2.31. The molecule has 2 aromatic rings. The van der Waals surface area contributed by atoms with Crippen molar-refractivity contribution in [3.05, 3.63) is 59.2 Å². The maximum atomic E-state index is 12.6. The van der Waals surface area contributed by atoms with E-state index in [-0.39, 0.29) is 24.5 Å². The monoisotopic (exact) mass is 322 g/mol. The fourth-order valence-electron chi connectivity index (χ4n) is 3.36. The molecule has 24 heavy (non-hydrogen) atoms. The number of fused-ring (bicyclic) bond motifs is 2. The molecular formula is C19H18N2O3. The average molecular weight is 322 g/mol. The van der Waals surface area contributed by atoms with Crippen LogP contribution in [0, 0.1) is 0 Å². The number of carbonyl (C=O) groups excluding carboxylic acids is 2. The van der Waals surface area contributed by atoms with Crippen molar-refractivity contribution < 1.29 is 14.3 Å². The van der Waals surface area contributed by atoms with E-state index >= 15 is 0 Å². The van der Waals surface area contributed by atoms with E-state index in [1.807, 2.05) is 12.1 Å². The van der Waals surface area contributed by atoms with Gasteiger partial charge in [0.1, 0.15) is 5.75 Å². The smallest absolute Gasteiger partial charge is 0.262 e. The van der Waals surface area contributed by atoms with Crippen LogP contribution in [0.5, 0.6) is 5.75 Å². The first-order valence-electron chi connectivity index (χ1n) is 8.16. The van der Waals surface area contributed by atoms with Crippen molar-refractivity contribution in [1.29, 1.82) is 0 Å². The summed E-state index contributed by atoms with van der Waals surface area (Å²) in [5.41, 5.74) is 3.66. The zero-order valence-corrected chi connectivity index (χ0v) is 13.2. The van der Waals surface area contributed by atoms with Crippen molar-refractivity contribution >= 4 is 17.5 Å². The number of nitrogens with one attached hydrogen (secondary N) is 2. The van der Waals surface area contributed by atoms with Crippen LogP contribution in [0.1, 0.15) is 40.4 Å². The van der Waals surface area contributed by atoms with Gasteiger partial charge in [-0.05, 0) is 48.6 Å². The molecule has 1 atom stereocenters. The number of amides is 2. The van der Waals surface area contributed by atoms with E-state index in [2.05, 4.69) is 22.8 Å². The SMILES string of the molecule is O=C1COc2cc(C(=O)NC3CCCc4ccccc43)ccc2N1. The first-order chi connectivity index (χ1) is 11.7. The summed E-state index contributed by atoms with van der Waals surface area (Å²) < 4.78 is 5.38. The molecule has 2 N–H and O–H groups in total. The summed E-state index contributed by atoms with van der Waals surface area (Å²) in [6.45, 7) is -0.0198. The molecule has 0 fully saturated rings. The highest BCUT2D eigenvalue weighted by Gasteiger charge is 2.23. The van der Waals surface area contributed by atoms with Gasteiger partial charge in [-0.2, -0.15) is 0 Å². The zero-order chi connectivity index (χ0) is 16.5. The summed E-state index contributed by atoms with van der Waals surface area (Å²) in [4.78, 5) is 23.9. The number of aryl methyl sites for hydroxylation is 1. The highest BCUT2D eigenvalue weighted by atomic mass is 16.5. The van der Waals surface area contributed by atoms with Crippen molar-refractivity contribution in [2.45, 2.75) is 25.3 Å². The van der Waals surface area contributed by atoms with Gasteiger partial charge in [-0.25, -0.2) is 0 Å². The van der Waals surface area contributed by atoms with Crippen molar-refractivity contribution in [2.24, 2.45) is 0 Å². The molecule has 5 nitrogen and oxygen atoms in total. The zero-order valence-electron chi connectivity index (χ0n) is 13.2. The molecule has 2 aromatic carbocycles. The van der Waals surface area contributed by atoms with Crippen molar-refractivity contribution in [3.63, 3.8) is 0 Å². The maximum absolute atomic E-state index is 12.6. The minimum atomic E-state index is -0.182. The number of anilines is 1. The van der Waals surface area contributed by atoms with Gasteiger partial charge in [0.05, 0.1) is 11.7 Å². The summed E-state index contributed by atoms with van der Waals surface area (Å²) in [5, 5.41) is 5.85. The predicted octanol–water partition coefficient (Wildman–Crippen LogP) is 2.82. The van der Waals surface area contributed by atoms with Gasteiger partial charge >= 0.3 is 0 Å². The van der Waals surface area contributed by atoms with Crippen molar-refractivity contribution in [2.75, 3.05) is 11.9 Å². The topological polar surface area (TPSA) is 67.4 Å². The van der Waals surface area contributed by atoms with Crippen LogP contribution in [-0.2, 0) is 11.2 Å². The predicted molar refractivity (Wildman–Crippen MR) is 90.2 cm³/mol. The minimum absolute atomic E-state index is 0.0198. The molecule has 0 spiro atoms. The van der Waals surface area contributed by atoms with Crippen LogP contribution < -0.4 is 15.4 Å². The molecule has 0 bridgehead atoms. The first kappa shape index (κ1) is 14.8. The second kappa shape index (κ2) is 6.00. The Bertz CT molecular complexity index is 816. The standard InChI is InChI=1S/C19H18N2O3/c22-18-11-24-17-10-13(8-9-16(17)20-18)19(23)21-15-7-3-5-12-4-1-2-6-14(12)15/h1-2,4,6,8-10,15H,3,5,7,11H2,(H,20,22)(H,21,23). The van der Waals surface area contributed by atoms with Gasteiger partial charge in [-0.15, -0.1) is 0 Å². The normalized spacial score (nSPS) is 18.7. The van der Waals surface area contributed by atoms with Crippen LogP contribution >= 0.6 is 0 Å². The summed E-state index contributed by atoms with van der Waals surface area (Å²) >= 11 is 0. The Hall–Kier alpha value is -2.82. The molecular weight excluding hydrogens is 304 g/mol. The van der Waals surface area contributed by atoms with Crippen molar-refractivity contribution in [1.82, 2.24) is 5.32 Å². The van der Waals surface area contributed by atoms with E-state index in [4.69, 9.17) is 4.74 Å². The Morgan fingerprint density at radius 1 is 1.21 bits per heavy atom. The van der Waals surface area contributed by atoms with E-state index in [9.17, 15) is 9.59 Å². The fourth-order valence-corrected chi connectivity index (χ4v) is 3.36. The van der Waals surface area contributed by atoms with Gasteiger partial charge < -0.3 is 15.4 Å². The molecule has 0 aromatic heterocycles. The Morgan fingerprint density at radius 2 is 2.08 bits per heavy atom. The number of hydrogen-bond acceptors (Lipinski definition) is 3. The Labute approximate surface area is 140 Å². The Balaban J connectivity index is 1.54. The lowest BCUT2D eigenvalue weighted by atomic mass is 9.87. The van der Waals surface area contributed by atoms with Gasteiger partial charge in [0.15, 0.2) is 6.61 Å². The van der Waals surface area contributed by atoms with Crippen LogP contribution in [0.15, 0.2) is 42.5 Å². The van der Waals surface area contributed by atoms with Crippen LogP contribution in [0.3, 0.4) is 0 Å². The van der Waals surface area contributed by atoms with Gasteiger partial charge in [0, 0.05) is 5.56 Å². The van der Waals surface area contributed by atoms with Gasteiger partial charge in [-0.1, -0.05) is 24.3 Å². The third kappa shape index (κ3) is 2.73. The number of hydrogen-bond donors (Lipinski definition) is 2. The molecule has 2 amide bonds. The number of benzene rings is 2. The molecule has 0 saturated carbocycles. The molecule has 4 rings (SSSR count). The number of ether oxygens (including phenoxy) is 1. The lowest BCUT2D eigenvalue weighted by molar-refractivity contribution is -0.118. The molecule has 1 aliphatic heterocycles. The van der Waals surface area contributed by atoms with E-state index in [1.165, 1.54) is 11.1 Å². The molecule has 0 saturated heterocycles. The third-order valence-corrected chi connectivity index (χ3v) is 4.55. The highest BCUT2D eigenvalue weighted by molar-refractivity contribution is 5.99. The van der Waals surface area contributed by atoms with Gasteiger partial charge in [0.2, 0.25) is 0 Å². The molecule has 1 heterocycles. The Morgan fingerprint density at radius 3 is 3.00 bits per heavy atom. The molecule has 122 valence electrons. The van der Waals surface area contributed by atoms with Crippen LogP contribution in [0.25, 0.3) is 0 Å². The fraction of sp³-hybridized carbons (Fsp3) is 0.263. The third-order valence-electron chi connectivity index (χ3n) is 4.55. The van der Waals surface area contributed by atoms with E-state index in [0.29, 0.717) is 17.0 Å².